The van der Waals surface area contributed by atoms with E-state index in [9.17, 15) is 0 Å². The zero-order chi connectivity index (χ0) is 7.68. The van der Waals surface area contributed by atoms with E-state index in [1.807, 2.05) is 18.5 Å². The number of hydrogen-bond acceptors (Lipinski definition) is 2. The highest BCUT2D eigenvalue weighted by molar-refractivity contribution is 5.22. The standard InChI is InChI=1S/C9H12N2/c10-5-8-4-9(8)7-2-1-3-11-6-7/h1-3,6,8-9H,4-5,10H2/t8-,9-/m1/s1. The SMILES string of the molecule is NC[C@H]1C[C@@H]1c1cccnc1. The molecular weight excluding hydrogens is 136 g/mol. The Balaban J connectivity index is 2.09. The fourth-order valence-electron chi connectivity index (χ4n) is 1.51. The quantitative estimate of drug-likeness (QED) is 0.683. The topological polar surface area (TPSA) is 38.9 Å². The highest BCUT2D eigenvalue weighted by Crippen LogP contribution is 2.46. The summed E-state index contributed by atoms with van der Waals surface area (Å²) in [5.74, 6) is 1.42. The molecule has 0 aromatic carbocycles. The minimum absolute atomic E-state index is 0.702. The van der Waals surface area contributed by atoms with Crippen molar-refractivity contribution < 1.29 is 0 Å². The lowest BCUT2D eigenvalue weighted by molar-refractivity contribution is 0.808. The first-order valence-electron chi connectivity index (χ1n) is 4.02. The van der Waals surface area contributed by atoms with E-state index in [-0.39, 0.29) is 0 Å². The average Bonchev–Trinajstić information content (AvgIpc) is 2.85. The minimum Gasteiger partial charge on any atom is -0.330 e. The smallest absolute Gasteiger partial charge is 0.0302 e. The fourth-order valence-corrected chi connectivity index (χ4v) is 1.51. The lowest BCUT2D eigenvalue weighted by Crippen LogP contribution is -2.01. The molecule has 0 aliphatic heterocycles. The fraction of sp³-hybridized carbons (Fsp3) is 0.444. The van der Waals surface area contributed by atoms with Gasteiger partial charge in [-0.15, -0.1) is 0 Å². The van der Waals surface area contributed by atoms with E-state index in [2.05, 4.69) is 11.1 Å². The van der Waals surface area contributed by atoms with Gasteiger partial charge in [-0.3, -0.25) is 4.98 Å². The molecule has 1 heterocycles. The molecule has 2 rings (SSSR count). The lowest BCUT2D eigenvalue weighted by atomic mass is 10.1. The molecule has 1 aromatic rings. The summed E-state index contributed by atoms with van der Waals surface area (Å²) >= 11 is 0. The molecule has 1 saturated carbocycles. The van der Waals surface area contributed by atoms with Crippen LogP contribution in [0.4, 0.5) is 0 Å². The van der Waals surface area contributed by atoms with E-state index >= 15 is 0 Å². The molecular formula is C9H12N2. The number of nitrogens with two attached hydrogens (primary N) is 1. The first-order valence-corrected chi connectivity index (χ1v) is 4.02. The Kier molecular flexibility index (Phi) is 1.62. The number of rotatable bonds is 2. The van der Waals surface area contributed by atoms with Crippen molar-refractivity contribution in [3.8, 4) is 0 Å². The van der Waals surface area contributed by atoms with E-state index in [1.54, 1.807) is 0 Å². The Labute approximate surface area is 66.4 Å². The first-order chi connectivity index (χ1) is 5.42. The van der Waals surface area contributed by atoms with Gasteiger partial charge in [-0.25, -0.2) is 0 Å². The van der Waals surface area contributed by atoms with Gasteiger partial charge in [-0.05, 0) is 36.4 Å². The third kappa shape index (κ3) is 1.26. The van der Waals surface area contributed by atoms with Crippen molar-refractivity contribution in [1.82, 2.24) is 4.98 Å². The molecule has 2 N–H and O–H groups in total. The molecule has 0 spiro atoms. The number of pyridine rings is 1. The van der Waals surface area contributed by atoms with Crippen molar-refractivity contribution in [2.45, 2.75) is 12.3 Å². The van der Waals surface area contributed by atoms with Gasteiger partial charge < -0.3 is 5.73 Å². The molecule has 0 bridgehead atoms. The van der Waals surface area contributed by atoms with Gasteiger partial charge in [0.05, 0.1) is 0 Å². The summed E-state index contributed by atoms with van der Waals surface area (Å²) in [6.45, 7) is 0.819. The van der Waals surface area contributed by atoms with Crippen molar-refractivity contribution in [1.29, 1.82) is 0 Å². The molecule has 2 nitrogen and oxygen atoms in total. The largest absolute Gasteiger partial charge is 0.330 e. The van der Waals surface area contributed by atoms with Crippen LogP contribution in [-0.4, -0.2) is 11.5 Å². The van der Waals surface area contributed by atoms with Crippen LogP contribution in [0.2, 0.25) is 0 Å². The Morgan fingerprint density at radius 3 is 3.09 bits per heavy atom. The molecule has 2 atom stereocenters. The maximum atomic E-state index is 5.54. The Bertz CT molecular complexity index is 233. The molecule has 2 heteroatoms. The molecule has 0 unspecified atom stereocenters. The molecule has 58 valence electrons. The number of hydrogen-bond donors (Lipinski definition) is 1. The van der Waals surface area contributed by atoms with Gasteiger partial charge >= 0.3 is 0 Å². The maximum Gasteiger partial charge on any atom is 0.0302 e. The van der Waals surface area contributed by atoms with Crippen LogP contribution in [0, 0.1) is 5.92 Å². The van der Waals surface area contributed by atoms with E-state index in [0.717, 1.165) is 12.5 Å². The molecule has 1 aliphatic rings. The Hall–Kier alpha value is -0.890. The monoisotopic (exact) mass is 148 g/mol. The van der Waals surface area contributed by atoms with Crippen molar-refractivity contribution >= 4 is 0 Å². The van der Waals surface area contributed by atoms with Crippen LogP contribution in [0.5, 0.6) is 0 Å². The second-order valence-electron chi connectivity index (χ2n) is 3.12. The number of aromatic nitrogens is 1. The summed E-state index contributed by atoms with van der Waals surface area (Å²) in [5.41, 5.74) is 6.89. The van der Waals surface area contributed by atoms with Crippen molar-refractivity contribution in [2.24, 2.45) is 11.7 Å². The van der Waals surface area contributed by atoms with Crippen LogP contribution in [0.15, 0.2) is 24.5 Å². The first kappa shape index (κ1) is 6.80. The van der Waals surface area contributed by atoms with Crippen LogP contribution < -0.4 is 5.73 Å². The van der Waals surface area contributed by atoms with Gasteiger partial charge in [-0.1, -0.05) is 6.07 Å². The Morgan fingerprint density at radius 2 is 2.55 bits per heavy atom. The van der Waals surface area contributed by atoms with Crippen molar-refractivity contribution in [2.75, 3.05) is 6.54 Å². The van der Waals surface area contributed by atoms with Gasteiger partial charge in [0.25, 0.3) is 0 Å². The minimum atomic E-state index is 0.702. The van der Waals surface area contributed by atoms with Gasteiger partial charge in [0.2, 0.25) is 0 Å². The molecule has 1 aliphatic carbocycles. The predicted octanol–water partition coefficient (Wildman–Crippen LogP) is 1.14. The molecule has 0 amide bonds. The van der Waals surface area contributed by atoms with Gasteiger partial charge in [0.1, 0.15) is 0 Å². The summed E-state index contributed by atoms with van der Waals surface area (Å²) in [6, 6.07) is 4.12. The second kappa shape index (κ2) is 2.62. The van der Waals surface area contributed by atoms with E-state index in [0.29, 0.717) is 5.92 Å². The lowest BCUT2D eigenvalue weighted by Gasteiger charge is -1.95. The zero-order valence-electron chi connectivity index (χ0n) is 6.40. The van der Waals surface area contributed by atoms with Gasteiger partial charge in [0, 0.05) is 12.4 Å². The molecule has 1 aromatic heterocycles. The Morgan fingerprint density at radius 1 is 1.64 bits per heavy atom. The predicted molar refractivity (Wildman–Crippen MR) is 44.1 cm³/mol. The maximum absolute atomic E-state index is 5.54. The van der Waals surface area contributed by atoms with E-state index in [1.165, 1.54) is 12.0 Å². The summed E-state index contributed by atoms with van der Waals surface area (Å²) < 4.78 is 0. The normalized spacial score (nSPS) is 28.5. The molecule has 0 radical (unpaired) electrons. The highest BCUT2D eigenvalue weighted by atomic mass is 14.6. The van der Waals surface area contributed by atoms with Crippen LogP contribution in [-0.2, 0) is 0 Å². The summed E-state index contributed by atoms with van der Waals surface area (Å²) in [7, 11) is 0. The van der Waals surface area contributed by atoms with Gasteiger partial charge in [0.15, 0.2) is 0 Å². The summed E-state index contributed by atoms with van der Waals surface area (Å²) in [4.78, 5) is 4.07. The van der Waals surface area contributed by atoms with Crippen LogP contribution >= 0.6 is 0 Å². The second-order valence-corrected chi connectivity index (χ2v) is 3.12. The van der Waals surface area contributed by atoms with Gasteiger partial charge in [-0.2, -0.15) is 0 Å². The molecule has 1 fully saturated rings. The average molecular weight is 148 g/mol. The highest BCUT2D eigenvalue weighted by Gasteiger charge is 2.36. The zero-order valence-corrected chi connectivity index (χ0v) is 6.40. The van der Waals surface area contributed by atoms with Crippen LogP contribution in [0.1, 0.15) is 17.9 Å². The third-order valence-electron chi connectivity index (χ3n) is 2.34. The third-order valence-corrected chi connectivity index (χ3v) is 2.34. The van der Waals surface area contributed by atoms with Crippen molar-refractivity contribution in [3.63, 3.8) is 0 Å². The summed E-state index contributed by atoms with van der Waals surface area (Å²) in [5, 5.41) is 0. The summed E-state index contributed by atoms with van der Waals surface area (Å²) in [6.07, 6.45) is 5.01. The van der Waals surface area contributed by atoms with Crippen LogP contribution in [0.25, 0.3) is 0 Å². The number of nitrogens with zero attached hydrogens (tertiary/aromatic N) is 1. The molecule has 0 saturated heterocycles. The van der Waals surface area contributed by atoms with E-state index in [4.69, 9.17) is 5.73 Å². The van der Waals surface area contributed by atoms with Crippen molar-refractivity contribution in [3.05, 3.63) is 30.1 Å². The van der Waals surface area contributed by atoms with E-state index < -0.39 is 0 Å². The molecule has 11 heavy (non-hydrogen) atoms. The van der Waals surface area contributed by atoms with Crippen LogP contribution in [0.3, 0.4) is 0 Å².